The van der Waals surface area contributed by atoms with Gasteiger partial charge in [-0.2, -0.15) is 0 Å². The van der Waals surface area contributed by atoms with Gasteiger partial charge in [0, 0.05) is 6.42 Å². The van der Waals surface area contributed by atoms with Gasteiger partial charge in [0.1, 0.15) is 24.1 Å². The SMILES string of the molecule is COc1ccc(C(OC(c2ccccc2)c2ccccc2)C2OC(C)(C)OC2CC(C)O)cc1. The molecule has 4 rings (SSSR count). The van der Waals surface area contributed by atoms with Gasteiger partial charge >= 0.3 is 0 Å². The van der Waals surface area contributed by atoms with Crippen molar-refractivity contribution < 1.29 is 24.1 Å². The number of benzene rings is 3. The lowest BCUT2D eigenvalue weighted by atomic mass is 9.95. The molecule has 4 atom stereocenters. The third kappa shape index (κ3) is 5.86. The van der Waals surface area contributed by atoms with Crippen molar-refractivity contribution in [2.75, 3.05) is 7.11 Å². The van der Waals surface area contributed by atoms with Crippen LogP contribution < -0.4 is 4.74 Å². The minimum Gasteiger partial charge on any atom is -0.497 e. The van der Waals surface area contributed by atoms with Crippen LogP contribution in [0.3, 0.4) is 0 Å². The highest BCUT2D eigenvalue weighted by Gasteiger charge is 2.47. The summed E-state index contributed by atoms with van der Waals surface area (Å²) in [4.78, 5) is 0. The number of aliphatic hydroxyl groups excluding tert-OH is 1. The maximum absolute atomic E-state index is 10.2. The molecule has 34 heavy (non-hydrogen) atoms. The summed E-state index contributed by atoms with van der Waals surface area (Å²) in [5, 5.41) is 10.2. The van der Waals surface area contributed by atoms with Gasteiger partial charge in [0.25, 0.3) is 0 Å². The highest BCUT2D eigenvalue weighted by atomic mass is 16.8. The van der Waals surface area contributed by atoms with E-state index >= 15 is 0 Å². The Balaban J connectivity index is 1.76. The van der Waals surface area contributed by atoms with Crippen LogP contribution in [-0.4, -0.2) is 36.3 Å². The Kier molecular flexibility index (Phi) is 7.69. The Morgan fingerprint density at radius 1 is 0.824 bits per heavy atom. The Morgan fingerprint density at radius 2 is 1.38 bits per heavy atom. The van der Waals surface area contributed by atoms with Crippen LogP contribution in [0.25, 0.3) is 0 Å². The average molecular weight is 463 g/mol. The quantitative estimate of drug-likeness (QED) is 0.433. The van der Waals surface area contributed by atoms with E-state index in [0.29, 0.717) is 6.42 Å². The minimum atomic E-state index is -0.784. The predicted octanol–water partition coefficient (Wildman–Crippen LogP) is 5.83. The highest BCUT2D eigenvalue weighted by molar-refractivity contribution is 5.32. The first-order valence-corrected chi connectivity index (χ1v) is 11.8. The van der Waals surface area contributed by atoms with E-state index in [1.165, 1.54) is 0 Å². The van der Waals surface area contributed by atoms with E-state index in [-0.39, 0.29) is 12.2 Å². The van der Waals surface area contributed by atoms with Crippen LogP contribution in [0.5, 0.6) is 5.75 Å². The first-order chi connectivity index (χ1) is 16.4. The van der Waals surface area contributed by atoms with E-state index in [2.05, 4.69) is 24.3 Å². The molecule has 0 saturated carbocycles. The molecule has 1 heterocycles. The Labute approximate surface area is 202 Å². The van der Waals surface area contributed by atoms with Gasteiger partial charge in [0.2, 0.25) is 0 Å². The van der Waals surface area contributed by atoms with Gasteiger partial charge < -0.3 is 24.1 Å². The van der Waals surface area contributed by atoms with Crippen LogP contribution >= 0.6 is 0 Å². The number of aliphatic hydroxyl groups is 1. The average Bonchev–Trinajstić information content (AvgIpc) is 3.14. The second-order valence-electron chi connectivity index (χ2n) is 9.25. The largest absolute Gasteiger partial charge is 0.497 e. The van der Waals surface area contributed by atoms with E-state index in [9.17, 15) is 5.11 Å². The lowest BCUT2D eigenvalue weighted by molar-refractivity contribution is -0.164. The molecule has 1 fully saturated rings. The van der Waals surface area contributed by atoms with Crippen LogP contribution in [0.15, 0.2) is 84.9 Å². The molecule has 4 unspecified atom stereocenters. The lowest BCUT2D eigenvalue weighted by Crippen LogP contribution is -2.34. The van der Waals surface area contributed by atoms with E-state index in [0.717, 1.165) is 22.4 Å². The maximum atomic E-state index is 10.2. The zero-order chi connectivity index (χ0) is 24.1. The van der Waals surface area contributed by atoms with E-state index in [1.807, 2.05) is 74.5 Å². The van der Waals surface area contributed by atoms with Gasteiger partial charge in [-0.3, -0.25) is 0 Å². The van der Waals surface area contributed by atoms with Crippen molar-refractivity contribution >= 4 is 0 Å². The molecule has 0 aromatic heterocycles. The molecule has 1 aliphatic heterocycles. The summed E-state index contributed by atoms with van der Waals surface area (Å²) in [7, 11) is 1.65. The van der Waals surface area contributed by atoms with Crippen molar-refractivity contribution in [2.24, 2.45) is 0 Å². The van der Waals surface area contributed by atoms with Gasteiger partial charge in [-0.15, -0.1) is 0 Å². The summed E-state index contributed by atoms with van der Waals surface area (Å²) in [6, 6.07) is 28.2. The van der Waals surface area contributed by atoms with Crippen LogP contribution in [-0.2, 0) is 14.2 Å². The van der Waals surface area contributed by atoms with Crippen molar-refractivity contribution in [1.82, 2.24) is 0 Å². The fraction of sp³-hybridized carbons (Fsp3) is 0.379. The smallest absolute Gasteiger partial charge is 0.163 e. The second kappa shape index (κ2) is 10.7. The molecular weight excluding hydrogens is 428 g/mol. The molecule has 1 saturated heterocycles. The molecule has 1 N–H and O–H groups in total. The minimum absolute atomic E-state index is 0.311. The van der Waals surface area contributed by atoms with Crippen molar-refractivity contribution in [1.29, 1.82) is 0 Å². The van der Waals surface area contributed by atoms with Gasteiger partial charge in [-0.1, -0.05) is 72.8 Å². The zero-order valence-electron chi connectivity index (χ0n) is 20.3. The van der Waals surface area contributed by atoms with Gasteiger partial charge in [-0.05, 0) is 49.6 Å². The number of hydrogen-bond donors (Lipinski definition) is 1. The number of hydrogen-bond acceptors (Lipinski definition) is 5. The van der Waals surface area contributed by atoms with Crippen molar-refractivity contribution in [3.05, 3.63) is 102 Å². The van der Waals surface area contributed by atoms with E-state index in [4.69, 9.17) is 18.9 Å². The topological polar surface area (TPSA) is 57.2 Å². The summed E-state index contributed by atoms with van der Waals surface area (Å²) in [5.74, 6) is -0.0116. The van der Waals surface area contributed by atoms with Gasteiger partial charge in [0.05, 0.1) is 19.3 Å². The standard InChI is InChI=1S/C29H34O5/c1-20(30)19-25-28(34-29(2,3)33-25)27(23-15-17-24(31-4)18-16-23)32-26(21-11-7-5-8-12-21)22-13-9-6-10-14-22/h5-18,20,25-28,30H,19H2,1-4H3. The molecule has 0 amide bonds. The number of rotatable bonds is 9. The Bertz CT molecular complexity index is 978. The van der Waals surface area contributed by atoms with Gasteiger partial charge in [0.15, 0.2) is 5.79 Å². The Hall–Kier alpha value is -2.70. The van der Waals surface area contributed by atoms with Crippen LogP contribution in [0.2, 0.25) is 0 Å². The molecular formula is C29H34O5. The predicted molar refractivity (Wildman–Crippen MR) is 132 cm³/mol. The highest BCUT2D eigenvalue weighted by Crippen LogP contribution is 2.42. The summed E-state index contributed by atoms with van der Waals surface area (Å²) in [6.07, 6.45) is -1.57. The molecule has 0 aliphatic carbocycles. The zero-order valence-corrected chi connectivity index (χ0v) is 20.3. The summed E-state index contributed by atoms with van der Waals surface area (Å²) in [5.41, 5.74) is 3.06. The molecule has 180 valence electrons. The lowest BCUT2D eigenvalue weighted by Gasteiger charge is -2.32. The van der Waals surface area contributed by atoms with Crippen LogP contribution in [0.1, 0.15) is 56.1 Å². The summed E-state index contributed by atoms with van der Waals surface area (Å²) >= 11 is 0. The molecule has 0 radical (unpaired) electrons. The fourth-order valence-electron chi connectivity index (χ4n) is 4.53. The molecule has 0 bridgehead atoms. The molecule has 5 heteroatoms. The third-order valence-electron chi connectivity index (χ3n) is 6.02. The third-order valence-corrected chi connectivity index (χ3v) is 6.02. The summed E-state index contributed by atoms with van der Waals surface area (Å²) < 4.78 is 25.0. The van der Waals surface area contributed by atoms with Crippen molar-refractivity contribution in [2.45, 2.75) is 63.5 Å². The van der Waals surface area contributed by atoms with Crippen LogP contribution in [0, 0.1) is 0 Å². The molecule has 1 aliphatic rings. The van der Waals surface area contributed by atoms with Gasteiger partial charge in [-0.25, -0.2) is 0 Å². The van der Waals surface area contributed by atoms with Crippen molar-refractivity contribution in [3.8, 4) is 5.75 Å². The maximum Gasteiger partial charge on any atom is 0.163 e. The van der Waals surface area contributed by atoms with Crippen molar-refractivity contribution in [3.63, 3.8) is 0 Å². The molecule has 0 spiro atoms. The molecule has 3 aromatic rings. The second-order valence-corrected chi connectivity index (χ2v) is 9.25. The molecule has 3 aromatic carbocycles. The molecule has 5 nitrogen and oxygen atoms in total. The fourth-order valence-corrected chi connectivity index (χ4v) is 4.53. The first-order valence-electron chi connectivity index (χ1n) is 11.8. The Morgan fingerprint density at radius 3 is 1.88 bits per heavy atom. The first kappa shape index (κ1) is 24.4. The normalized spacial score (nSPS) is 21.4. The van der Waals surface area contributed by atoms with E-state index in [1.54, 1.807) is 14.0 Å². The van der Waals surface area contributed by atoms with E-state index < -0.39 is 24.1 Å². The monoisotopic (exact) mass is 462 g/mol. The summed E-state index contributed by atoms with van der Waals surface area (Å²) in [6.45, 7) is 5.57. The number of ether oxygens (including phenoxy) is 4. The van der Waals surface area contributed by atoms with Crippen LogP contribution in [0.4, 0.5) is 0 Å². The number of methoxy groups -OCH3 is 1.